The lowest BCUT2D eigenvalue weighted by molar-refractivity contribution is 0.586. The van der Waals surface area contributed by atoms with Crippen molar-refractivity contribution in [2.75, 3.05) is 29.5 Å². The zero-order valence-corrected chi connectivity index (χ0v) is 10.1. The van der Waals surface area contributed by atoms with Crippen LogP contribution < -0.4 is 10.6 Å². The average Bonchev–Trinajstić information content (AvgIpc) is 2.29. The van der Waals surface area contributed by atoms with E-state index in [4.69, 9.17) is 11.1 Å². The Morgan fingerprint density at radius 3 is 2.65 bits per heavy atom. The predicted molar refractivity (Wildman–Crippen MR) is 66.1 cm³/mol. The number of amidine groups is 1. The smallest absolute Gasteiger partial charge is 0.153 e. The quantitative estimate of drug-likeness (QED) is 0.552. The lowest BCUT2D eigenvalue weighted by Gasteiger charge is -2.29. The normalized spacial score (nSPS) is 18.9. The van der Waals surface area contributed by atoms with Gasteiger partial charge >= 0.3 is 0 Å². The molecule has 1 saturated heterocycles. The van der Waals surface area contributed by atoms with E-state index in [0.29, 0.717) is 18.7 Å². The molecule has 1 fully saturated rings. The van der Waals surface area contributed by atoms with Crippen molar-refractivity contribution in [1.82, 2.24) is 4.98 Å². The minimum Gasteiger partial charge on any atom is -0.384 e. The molecule has 92 valence electrons. The van der Waals surface area contributed by atoms with E-state index in [1.54, 1.807) is 18.5 Å². The molecule has 2 rings (SSSR count). The van der Waals surface area contributed by atoms with Crippen LogP contribution in [-0.4, -0.2) is 43.8 Å². The molecule has 1 aromatic rings. The molecule has 0 aliphatic carbocycles. The van der Waals surface area contributed by atoms with E-state index in [9.17, 15) is 8.42 Å². The highest BCUT2D eigenvalue weighted by molar-refractivity contribution is 7.91. The minimum absolute atomic E-state index is 0.0316. The molecule has 2 heterocycles. The molecule has 0 saturated carbocycles. The molecule has 17 heavy (non-hydrogen) atoms. The monoisotopic (exact) mass is 254 g/mol. The summed E-state index contributed by atoms with van der Waals surface area (Å²) in [6, 6.07) is 1.67. The number of nitrogen functional groups attached to an aromatic ring is 1. The number of rotatable bonds is 2. The van der Waals surface area contributed by atoms with Gasteiger partial charge in [-0.1, -0.05) is 0 Å². The van der Waals surface area contributed by atoms with Crippen LogP contribution in [-0.2, 0) is 9.84 Å². The molecule has 7 heteroatoms. The Labute approximate surface area is 99.9 Å². The summed E-state index contributed by atoms with van der Waals surface area (Å²) in [5, 5.41) is 7.48. The molecule has 0 bridgehead atoms. The van der Waals surface area contributed by atoms with Crippen LogP contribution in [0.25, 0.3) is 0 Å². The van der Waals surface area contributed by atoms with Crippen LogP contribution in [0.2, 0.25) is 0 Å². The molecule has 0 spiro atoms. The lowest BCUT2D eigenvalue weighted by atomic mass is 10.2. The van der Waals surface area contributed by atoms with Gasteiger partial charge in [-0.15, -0.1) is 0 Å². The number of hydrogen-bond acceptors (Lipinski definition) is 5. The second kappa shape index (κ2) is 4.33. The van der Waals surface area contributed by atoms with Gasteiger partial charge in [0.15, 0.2) is 9.84 Å². The molecule has 0 unspecified atom stereocenters. The molecule has 1 aliphatic rings. The first-order valence-corrected chi connectivity index (χ1v) is 7.05. The zero-order valence-electron chi connectivity index (χ0n) is 9.26. The van der Waals surface area contributed by atoms with E-state index < -0.39 is 9.84 Å². The van der Waals surface area contributed by atoms with Crippen LogP contribution >= 0.6 is 0 Å². The summed E-state index contributed by atoms with van der Waals surface area (Å²) in [4.78, 5) is 5.90. The first-order chi connectivity index (χ1) is 7.99. The Bertz CT molecular complexity index is 527. The second-order valence-electron chi connectivity index (χ2n) is 3.95. The van der Waals surface area contributed by atoms with Gasteiger partial charge in [0.1, 0.15) is 5.84 Å². The summed E-state index contributed by atoms with van der Waals surface area (Å²) in [5.41, 5.74) is 6.81. The molecule has 0 radical (unpaired) electrons. The highest BCUT2D eigenvalue weighted by atomic mass is 32.2. The van der Waals surface area contributed by atoms with Gasteiger partial charge < -0.3 is 10.6 Å². The maximum atomic E-state index is 11.3. The number of nitrogens with two attached hydrogens (primary N) is 1. The summed E-state index contributed by atoms with van der Waals surface area (Å²) < 4.78 is 22.7. The van der Waals surface area contributed by atoms with Crippen molar-refractivity contribution in [3.05, 3.63) is 24.0 Å². The van der Waals surface area contributed by atoms with Gasteiger partial charge in [0, 0.05) is 24.8 Å². The SMILES string of the molecule is N=C(N)c1ccncc1N1CCS(=O)(=O)CC1. The van der Waals surface area contributed by atoms with E-state index in [-0.39, 0.29) is 17.3 Å². The standard InChI is InChI=1S/C10H14N4O2S/c11-10(12)8-1-2-13-7-9(8)14-3-5-17(15,16)6-4-14/h1-2,7H,3-6H2,(H3,11,12). The molecule has 0 amide bonds. The predicted octanol–water partition coefficient (Wildman–Crippen LogP) is -0.400. The molecule has 6 nitrogen and oxygen atoms in total. The van der Waals surface area contributed by atoms with Crippen LogP contribution in [0.5, 0.6) is 0 Å². The third kappa shape index (κ3) is 2.55. The fourth-order valence-corrected chi connectivity index (χ4v) is 3.02. The molecule has 1 aliphatic heterocycles. The topological polar surface area (TPSA) is 100 Å². The Kier molecular flexibility index (Phi) is 3.01. The second-order valence-corrected chi connectivity index (χ2v) is 6.25. The molecular formula is C10H14N4O2S. The molecule has 3 N–H and O–H groups in total. The number of anilines is 1. The molecule has 0 aromatic carbocycles. The van der Waals surface area contributed by atoms with Crippen molar-refractivity contribution < 1.29 is 8.42 Å². The molecule has 0 atom stereocenters. The summed E-state index contributed by atoms with van der Waals surface area (Å²) in [7, 11) is -2.90. The molecular weight excluding hydrogens is 240 g/mol. The van der Waals surface area contributed by atoms with Crippen molar-refractivity contribution in [3.8, 4) is 0 Å². The van der Waals surface area contributed by atoms with E-state index in [0.717, 1.165) is 5.69 Å². The van der Waals surface area contributed by atoms with Crippen molar-refractivity contribution in [2.24, 2.45) is 5.73 Å². The highest BCUT2D eigenvalue weighted by Crippen LogP contribution is 2.20. The van der Waals surface area contributed by atoms with Crippen molar-refractivity contribution in [3.63, 3.8) is 0 Å². The van der Waals surface area contributed by atoms with E-state index in [1.165, 1.54) is 0 Å². The number of nitrogens with one attached hydrogen (secondary N) is 1. The summed E-state index contributed by atoms with van der Waals surface area (Å²) in [5.74, 6) is 0.245. The van der Waals surface area contributed by atoms with E-state index in [2.05, 4.69) is 4.98 Å². The minimum atomic E-state index is -2.90. The summed E-state index contributed by atoms with van der Waals surface area (Å²) in [6.45, 7) is 0.850. The van der Waals surface area contributed by atoms with E-state index in [1.807, 2.05) is 4.90 Å². The van der Waals surface area contributed by atoms with Gasteiger partial charge in [-0.2, -0.15) is 0 Å². The average molecular weight is 254 g/mol. The maximum absolute atomic E-state index is 11.3. The van der Waals surface area contributed by atoms with Gasteiger partial charge in [-0.05, 0) is 6.07 Å². The van der Waals surface area contributed by atoms with Crippen LogP contribution in [0, 0.1) is 5.41 Å². The van der Waals surface area contributed by atoms with Crippen LogP contribution in [0.15, 0.2) is 18.5 Å². The zero-order chi connectivity index (χ0) is 12.5. The maximum Gasteiger partial charge on any atom is 0.153 e. The van der Waals surface area contributed by atoms with Crippen molar-refractivity contribution >= 4 is 21.4 Å². The fraction of sp³-hybridized carbons (Fsp3) is 0.400. The first kappa shape index (κ1) is 11.8. The van der Waals surface area contributed by atoms with Crippen molar-refractivity contribution in [1.29, 1.82) is 5.41 Å². The largest absolute Gasteiger partial charge is 0.384 e. The van der Waals surface area contributed by atoms with Crippen LogP contribution in [0.3, 0.4) is 0 Å². The summed E-state index contributed by atoms with van der Waals surface area (Å²) in [6.07, 6.45) is 3.19. The van der Waals surface area contributed by atoms with Gasteiger partial charge in [-0.3, -0.25) is 10.4 Å². The number of sulfone groups is 1. The van der Waals surface area contributed by atoms with Gasteiger partial charge in [0.05, 0.1) is 23.4 Å². The number of aromatic nitrogens is 1. The third-order valence-corrected chi connectivity index (χ3v) is 4.38. The van der Waals surface area contributed by atoms with Gasteiger partial charge in [0.25, 0.3) is 0 Å². The Morgan fingerprint density at radius 1 is 1.41 bits per heavy atom. The Hall–Kier alpha value is -1.63. The number of nitrogens with zero attached hydrogens (tertiary/aromatic N) is 2. The number of hydrogen-bond donors (Lipinski definition) is 2. The van der Waals surface area contributed by atoms with Crippen molar-refractivity contribution in [2.45, 2.75) is 0 Å². The Morgan fingerprint density at radius 2 is 2.06 bits per heavy atom. The highest BCUT2D eigenvalue weighted by Gasteiger charge is 2.23. The van der Waals surface area contributed by atoms with Crippen LogP contribution in [0.4, 0.5) is 5.69 Å². The van der Waals surface area contributed by atoms with Gasteiger partial charge in [-0.25, -0.2) is 8.42 Å². The van der Waals surface area contributed by atoms with E-state index >= 15 is 0 Å². The fourth-order valence-electron chi connectivity index (χ4n) is 1.82. The third-order valence-electron chi connectivity index (χ3n) is 2.78. The summed E-state index contributed by atoms with van der Waals surface area (Å²) >= 11 is 0. The van der Waals surface area contributed by atoms with Gasteiger partial charge in [0.2, 0.25) is 0 Å². The van der Waals surface area contributed by atoms with Crippen LogP contribution in [0.1, 0.15) is 5.56 Å². The first-order valence-electron chi connectivity index (χ1n) is 5.23. The Balaban J connectivity index is 2.27. The molecule has 1 aromatic heterocycles. The lowest BCUT2D eigenvalue weighted by Crippen LogP contribution is -2.41. The number of pyridine rings is 1.